The van der Waals surface area contributed by atoms with E-state index < -0.39 is 0 Å². The summed E-state index contributed by atoms with van der Waals surface area (Å²) in [6, 6.07) is 0. The van der Waals surface area contributed by atoms with Crippen LogP contribution in [0.1, 0.15) is 122 Å². The van der Waals surface area contributed by atoms with Crippen molar-refractivity contribution in [3.8, 4) is 0 Å². The molecule has 0 saturated heterocycles. The van der Waals surface area contributed by atoms with Crippen LogP contribution in [0.15, 0.2) is 12.2 Å². The number of hydrogen-bond acceptors (Lipinski definition) is 1. The topological polar surface area (TPSA) is 43.1 Å². The van der Waals surface area contributed by atoms with Crippen LogP contribution in [0.25, 0.3) is 0 Å². The molecular formula is C22H43NO. The highest BCUT2D eigenvalue weighted by atomic mass is 16.1. The van der Waals surface area contributed by atoms with Crippen molar-refractivity contribution in [3.05, 3.63) is 12.2 Å². The molecule has 0 aliphatic carbocycles. The van der Waals surface area contributed by atoms with Gasteiger partial charge in [0.1, 0.15) is 0 Å². The lowest BCUT2D eigenvalue weighted by molar-refractivity contribution is -0.117. The summed E-state index contributed by atoms with van der Waals surface area (Å²) in [5, 5.41) is 0. The number of allylic oxidation sites excluding steroid dienone is 1. The van der Waals surface area contributed by atoms with Crippen LogP contribution in [0, 0.1) is 0 Å². The van der Waals surface area contributed by atoms with Crippen molar-refractivity contribution in [1.82, 2.24) is 0 Å². The second-order valence-corrected chi connectivity index (χ2v) is 7.23. The minimum absolute atomic E-state index is 0.238. The Morgan fingerprint density at radius 2 is 1.00 bits per heavy atom. The van der Waals surface area contributed by atoms with Crippen molar-refractivity contribution in [2.24, 2.45) is 5.73 Å². The molecule has 0 radical (unpaired) electrons. The fourth-order valence-corrected chi connectivity index (χ4v) is 3.13. The van der Waals surface area contributed by atoms with Crippen LogP contribution in [0.4, 0.5) is 0 Å². The summed E-state index contributed by atoms with van der Waals surface area (Å²) in [5.74, 6) is -0.238. The third-order valence-corrected chi connectivity index (χ3v) is 4.71. The summed E-state index contributed by atoms with van der Waals surface area (Å²) in [5.41, 5.74) is 5.08. The van der Waals surface area contributed by atoms with Crippen molar-refractivity contribution < 1.29 is 4.79 Å². The Kier molecular flexibility index (Phi) is 19.6. The molecule has 0 aromatic heterocycles. The second kappa shape index (κ2) is 20.3. The highest BCUT2D eigenvalue weighted by Crippen LogP contribution is 2.14. The zero-order valence-corrected chi connectivity index (χ0v) is 16.4. The van der Waals surface area contributed by atoms with Gasteiger partial charge in [-0.05, 0) is 12.8 Å². The maximum absolute atomic E-state index is 10.6. The molecule has 24 heavy (non-hydrogen) atoms. The molecular weight excluding hydrogens is 294 g/mol. The Labute approximate surface area is 151 Å². The molecule has 0 aromatic carbocycles. The van der Waals surface area contributed by atoms with Crippen LogP contribution in [0.3, 0.4) is 0 Å². The molecule has 0 bridgehead atoms. The SMILES string of the molecule is CCCCCCCCCCCCCCCCCC/C=C\CC(N)=O. The molecule has 0 aliphatic rings. The quantitative estimate of drug-likeness (QED) is 0.199. The van der Waals surface area contributed by atoms with E-state index in [-0.39, 0.29) is 5.91 Å². The summed E-state index contributed by atoms with van der Waals surface area (Å²) < 4.78 is 0. The van der Waals surface area contributed by atoms with E-state index in [1.807, 2.05) is 6.08 Å². The molecule has 2 N–H and O–H groups in total. The molecule has 0 saturated carbocycles. The van der Waals surface area contributed by atoms with E-state index in [4.69, 9.17) is 5.73 Å². The van der Waals surface area contributed by atoms with E-state index in [9.17, 15) is 4.79 Å². The van der Waals surface area contributed by atoms with Gasteiger partial charge in [-0.1, -0.05) is 115 Å². The molecule has 1 amide bonds. The fraction of sp³-hybridized carbons (Fsp3) is 0.864. The first-order valence-corrected chi connectivity index (χ1v) is 10.7. The first-order valence-electron chi connectivity index (χ1n) is 10.7. The maximum atomic E-state index is 10.6. The average Bonchev–Trinajstić information content (AvgIpc) is 2.56. The van der Waals surface area contributed by atoms with Gasteiger partial charge in [0.25, 0.3) is 0 Å². The van der Waals surface area contributed by atoms with Gasteiger partial charge in [-0.3, -0.25) is 4.79 Å². The monoisotopic (exact) mass is 337 g/mol. The average molecular weight is 338 g/mol. The largest absolute Gasteiger partial charge is 0.369 e. The summed E-state index contributed by atoms with van der Waals surface area (Å²) in [4.78, 5) is 10.6. The zero-order chi connectivity index (χ0) is 17.7. The summed E-state index contributed by atoms with van der Waals surface area (Å²) >= 11 is 0. The van der Waals surface area contributed by atoms with Gasteiger partial charge in [-0.25, -0.2) is 0 Å². The molecule has 0 aliphatic heterocycles. The first kappa shape index (κ1) is 23.2. The van der Waals surface area contributed by atoms with Crippen molar-refractivity contribution >= 4 is 5.91 Å². The third kappa shape index (κ3) is 21.2. The van der Waals surface area contributed by atoms with Crippen LogP contribution < -0.4 is 5.73 Å². The van der Waals surface area contributed by atoms with E-state index in [0.717, 1.165) is 6.42 Å². The number of rotatable bonds is 19. The third-order valence-electron chi connectivity index (χ3n) is 4.71. The van der Waals surface area contributed by atoms with Gasteiger partial charge >= 0.3 is 0 Å². The smallest absolute Gasteiger partial charge is 0.221 e. The molecule has 0 spiro atoms. The summed E-state index contributed by atoms with van der Waals surface area (Å²) in [6.07, 6.45) is 28.0. The van der Waals surface area contributed by atoms with Crippen molar-refractivity contribution in [1.29, 1.82) is 0 Å². The van der Waals surface area contributed by atoms with E-state index in [1.54, 1.807) is 0 Å². The minimum Gasteiger partial charge on any atom is -0.369 e. The Morgan fingerprint density at radius 1 is 0.625 bits per heavy atom. The molecule has 0 fully saturated rings. The number of nitrogens with two attached hydrogens (primary N) is 1. The van der Waals surface area contributed by atoms with E-state index in [0.29, 0.717) is 6.42 Å². The van der Waals surface area contributed by atoms with Gasteiger partial charge in [0.15, 0.2) is 0 Å². The molecule has 2 nitrogen and oxygen atoms in total. The summed E-state index contributed by atoms with van der Waals surface area (Å²) in [7, 11) is 0. The van der Waals surface area contributed by atoms with Crippen molar-refractivity contribution in [2.45, 2.75) is 122 Å². The number of primary amides is 1. The fourth-order valence-electron chi connectivity index (χ4n) is 3.13. The molecule has 142 valence electrons. The molecule has 0 unspecified atom stereocenters. The van der Waals surface area contributed by atoms with Gasteiger partial charge in [0, 0.05) is 6.42 Å². The van der Waals surface area contributed by atoms with Crippen LogP contribution in [-0.4, -0.2) is 5.91 Å². The van der Waals surface area contributed by atoms with Gasteiger partial charge < -0.3 is 5.73 Å². The van der Waals surface area contributed by atoms with Gasteiger partial charge in [-0.15, -0.1) is 0 Å². The number of carbonyl (C=O) groups excluding carboxylic acids is 1. The number of unbranched alkanes of at least 4 members (excludes halogenated alkanes) is 16. The second-order valence-electron chi connectivity index (χ2n) is 7.23. The Bertz CT molecular complexity index is 286. The normalized spacial score (nSPS) is 11.4. The Morgan fingerprint density at radius 3 is 1.38 bits per heavy atom. The van der Waals surface area contributed by atoms with E-state index in [2.05, 4.69) is 13.0 Å². The lowest BCUT2D eigenvalue weighted by atomic mass is 10.0. The molecule has 0 atom stereocenters. The highest BCUT2D eigenvalue weighted by Gasteiger charge is 1.94. The summed E-state index contributed by atoms with van der Waals surface area (Å²) in [6.45, 7) is 2.28. The number of carbonyl (C=O) groups is 1. The van der Waals surface area contributed by atoms with Crippen molar-refractivity contribution in [2.75, 3.05) is 0 Å². The van der Waals surface area contributed by atoms with Crippen LogP contribution in [-0.2, 0) is 4.79 Å². The van der Waals surface area contributed by atoms with Gasteiger partial charge in [0.2, 0.25) is 5.91 Å². The van der Waals surface area contributed by atoms with Gasteiger partial charge in [-0.2, -0.15) is 0 Å². The number of hydrogen-bond donors (Lipinski definition) is 1. The van der Waals surface area contributed by atoms with Crippen LogP contribution in [0.2, 0.25) is 0 Å². The molecule has 0 rings (SSSR count). The van der Waals surface area contributed by atoms with Crippen LogP contribution >= 0.6 is 0 Å². The predicted octanol–water partition coefficient (Wildman–Crippen LogP) is 7.07. The Hall–Kier alpha value is -0.790. The zero-order valence-electron chi connectivity index (χ0n) is 16.4. The first-order chi connectivity index (χ1) is 11.8. The van der Waals surface area contributed by atoms with E-state index >= 15 is 0 Å². The lowest BCUT2D eigenvalue weighted by Crippen LogP contribution is -2.07. The minimum atomic E-state index is -0.238. The lowest BCUT2D eigenvalue weighted by Gasteiger charge is -2.03. The molecule has 0 aromatic rings. The van der Waals surface area contributed by atoms with Gasteiger partial charge in [0.05, 0.1) is 0 Å². The predicted molar refractivity (Wildman–Crippen MR) is 107 cm³/mol. The van der Waals surface area contributed by atoms with Crippen LogP contribution in [0.5, 0.6) is 0 Å². The maximum Gasteiger partial charge on any atom is 0.221 e. The Balaban J connectivity index is 3.02. The van der Waals surface area contributed by atoms with E-state index in [1.165, 1.54) is 103 Å². The van der Waals surface area contributed by atoms with Crippen molar-refractivity contribution in [3.63, 3.8) is 0 Å². The molecule has 0 heterocycles. The molecule has 2 heteroatoms. The number of amides is 1. The standard InChI is InChI=1S/C22H43NO/c1-2-3-4-5-6-7-8-9-10-11-12-13-14-15-16-17-18-19-20-21-22(23)24/h19-20H,2-18,21H2,1H3,(H2,23,24)/b20-19-. The highest BCUT2D eigenvalue weighted by molar-refractivity contribution is 5.75.